The minimum atomic E-state index is 0.126. The third-order valence-electron chi connectivity index (χ3n) is 2.46. The molecule has 1 fully saturated rings. The Morgan fingerprint density at radius 2 is 1.80 bits per heavy atom. The summed E-state index contributed by atoms with van der Waals surface area (Å²) in [5.41, 5.74) is 0. The third kappa shape index (κ3) is 4.08. The van der Waals surface area contributed by atoms with Crippen molar-refractivity contribution in [3.63, 3.8) is 0 Å². The minimum Gasteiger partial charge on any atom is -0.331 e. The molecule has 90 valence electrons. The molecule has 0 aliphatic carbocycles. The van der Waals surface area contributed by atoms with Gasteiger partial charge >= 0.3 is 6.03 Å². The number of hydrogen-bond donors (Lipinski definition) is 0. The van der Waals surface area contributed by atoms with Crippen molar-refractivity contribution in [3.05, 3.63) is 0 Å². The number of amides is 2. The molecule has 1 rings (SSSR count). The van der Waals surface area contributed by atoms with Gasteiger partial charge in [-0.05, 0) is 14.0 Å². The lowest BCUT2D eigenvalue weighted by molar-refractivity contribution is 0.101. The van der Waals surface area contributed by atoms with Crippen molar-refractivity contribution in [1.82, 2.24) is 14.7 Å². The second kappa shape index (κ2) is 6.67. The van der Waals surface area contributed by atoms with Crippen LogP contribution < -0.4 is 0 Å². The third-order valence-corrected chi connectivity index (χ3v) is 2.46. The van der Waals surface area contributed by atoms with Crippen LogP contribution in [0.25, 0.3) is 0 Å². The number of carbonyl (C=O) groups is 1. The molecule has 2 amide bonds. The predicted molar refractivity (Wildman–Crippen MR) is 64.1 cm³/mol. The fourth-order valence-corrected chi connectivity index (χ4v) is 1.68. The van der Waals surface area contributed by atoms with Crippen molar-refractivity contribution in [2.24, 2.45) is 0 Å². The summed E-state index contributed by atoms with van der Waals surface area (Å²) in [6.07, 6.45) is 0. The lowest BCUT2D eigenvalue weighted by Crippen LogP contribution is -2.55. The Bertz CT molecular complexity index is 194. The highest BCUT2D eigenvalue weighted by Gasteiger charge is 2.26. The first-order chi connectivity index (χ1) is 7.02. The van der Waals surface area contributed by atoms with Crippen LogP contribution in [0.15, 0.2) is 0 Å². The molecule has 1 atom stereocenters. The van der Waals surface area contributed by atoms with E-state index in [-0.39, 0.29) is 6.03 Å². The van der Waals surface area contributed by atoms with Crippen molar-refractivity contribution in [3.8, 4) is 0 Å². The molecule has 0 aromatic carbocycles. The van der Waals surface area contributed by atoms with Gasteiger partial charge in [-0.15, -0.1) is 0 Å². The summed E-state index contributed by atoms with van der Waals surface area (Å²) in [6, 6.07) is 0.453. The van der Waals surface area contributed by atoms with E-state index < -0.39 is 0 Å². The number of likely N-dealkylation sites (N-methyl/N-ethyl adjacent to an activating group) is 1. The number of piperazine rings is 1. The maximum Gasteiger partial charge on any atom is 0.319 e. The number of hydrogen-bond acceptors (Lipinski definition) is 2. The van der Waals surface area contributed by atoms with Gasteiger partial charge in [0.05, 0.1) is 0 Å². The van der Waals surface area contributed by atoms with Gasteiger partial charge in [0.25, 0.3) is 0 Å². The Balaban J connectivity index is 0.000000921. The maximum absolute atomic E-state index is 11.6. The van der Waals surface area contributed by atoms with Crippen molar-refractivity contribution >= 4 is 6.03 Å². The summed E-state index contributed by atoms with van der Waals surface area (Å²) in [6.45, 7) is 8.88. The Labute approximate surface area is 93.8 Å². The summed E-state index contributed by atoms with van der Waals surface area (Å²) < 4.78 is 0. The molecular weight excluding hydrogens is 190 g/mol. The highest BCUT2D eigenvalue weighted by Crippen LogP contribution is 2.09. The SMILES string of the molecule is CC.CC1CN(C)CCN1C(=O)N(C)C. The van der Waals surface area contributed by atoms with Crippen LogP contribution in [0.5, 0.6) is 0 Å². The van der Waals surface area contributed by atoms with Crippen molar-refractivity contribution in [2.45, 2.75) is 26.8 Å². The molecule has 0 bridgehead atoms. The first kappa shape index (κ1) is 14.2. The van der Waals surface area contributed by atoms with Gasteiger partial charge in [0.15, 0.2) is 0 Å². The van der Waals surface area contributed by atoms with Gasteiger partial charge in [-0.2, -0.15) is 0 Å². The number of urea groups is 1. The van der Waals surface area contributed by atoms with E-state index in [1.54, 1.807) is 19.0 Å². The summed E-state index contributed by atoms with van der Waals surface area (Å²) in [5, 5.41) is 0. The Morgan fingerprint density at radius 1 is 1.27 bits per heavy atom. The largest absolute Gasteiger partial charge is 0.331 e. The summed E-state index contributed by atoms with van der Waals surface area (Å²) in [4.78, 5) is 17.5. The molecule has 4 nitrogen and oxygen atoms in total. The van der Waals surface area contributed by atoms with Gasteiger partial charge in [-0.1, -0.05) is 13.8 Å². The summed E-state index contributed by atoms with van der Waals surface area (Å²) >= 11 is 0. The predicted octanol–water partition coefficient (Wildman–Crippen LogP) is 1.33. The topological polar surface area (TPSA) is 26.8 Å². The smallest absolute Gasteiger partial charge is 0.319 e. The number of carbonyl (C=O) groups excluding carboxylic acids is 1. The van der Waals surface area contributed by atoms with Crippen LogP contribution >= 0.6 is 0 Å². The molecule has 1 aliphatic rings. The van der Waals surface area contributed by atoms with Gasteiger partial charge in [-0.25, -0.2) is 4.79 Å². The van der Waals surface area contributed by atoms with E-state index in [0.29, 0.717) is 6.04 Å². The highest BCUT2D eigenvalue weighted by atomic mass is 16.2. The maximum atomic E-state index is 11.6. The van der Waals surface area contributed by atoms with Gasteiger partial charge in [0, 0.05) is 39.8 Å². The first-order valence-electron chi connectivity index (χ1n) is 5.69. The average molecular weight is 215 g/mol. The van der Waals surface area contributed by atoms with E-state index >= 15 is 0 Å². The van der Waals surface area contributed by atoms with E-state index in [1.807, 2.05) is 18.7 Å². The molecule has 0 aromatic rings. The lowest BCUT2D eigenvalue weighted by atomic mass is 10.2. The molecule has 0 saturated carbocycles. The highest BCUT2D eigenvalue weighted by molar-refractivity contribution is 5.74. The van der Waals surface area contributed by atoms with Crippen LogP contribution in [0.2, 0.25) is 0 Å². The van der Waals surface area contributed by atoms with E-state index in [9.17, 15) is 4.79 Å². The van der Waals surface area contributed by atoms with Gasteiger partial charge in [0.1, 0.15) is 0 Å². The van der Waals surface area contributed by atoms with E-state index in [4.69, 9.17) is 0 Å². The van der Waals surface area contributed by atoms with E-state index in [1.165, 1.54) is 0 Å². The fourth-order valence-electron chi connectivity index (χ4n) is 1.68. The second-order valence-corrected chi connectivity index (χ2v) is 3.98. The molecule has 1 saturated heterocycles. The molecule has 0 N–H and O–H groups in total. The second-order valence-electron chi connectivity index (χ2n) is 3.98. The molecule has 0 aromatic heterocycles. The monoisotopic (exact) mass is 215 g/mol. The molecule has 0 spiro atoms. The minimum absolute atomic E-state index is 0.126. The zero-order valence-electron chi connectivity index (χ0n) is 10.9. The van der Waals surface area contributed by atoms with Gasteiger partial charge < -0.3 is 14.7 Å². The molecule has 4 heteroatoms. The van der Waals surface area contributed by atoms with Crippen LogP contribution in [0, 0.1) is 0 Å². The lowest BCUT2D eigenvalue weighted by Gasteiger charge is -2.39. The van der Waals surface area contributed by atoms with Crippen molar-refractivity contribution in [2.75, 3.05) is 40.8 Å². The molecule has 1 aliphatic heterocycles. The number of rotatable bonds is 0. The Hall–Kier alpha value is -0.770. The van der Waals surface area contributed by atoms with Crippen LogP contribution in [0.4, 0.5) is 4.79 Å². The molecule has 15 heavy (non-hydrogen) atoms. The van der Waals surface area contributed by atoms with Crippen LogP contribution in [-0.4, -0.2) is 67.5 Å². The first-order valence-corrected chi connectivity index (χ1v) is 5.69. The zero-order chi connectivity index (χ0) is 12.0. The molecular formula is C11H25N3O. The summed E-state index contributed by atoms with van der Waals surface area (Å²) in [7, 11) is 5.69. The molecule has 1 heterocycles. The van der Waals surface area contributed by atoms with E-state index in [2.05, 4.69) is 18.9 Å². The zero-order valence-corrected chi connectivity index (χ0v) is 10.9. The normalized spacial score (nSPS) is 21.7. The van der Waals surface area contributed by atoms with Crippen molar-refractivity contribution < 1.29 is 4.79 Å². The van der Waals surface area contributed by atoms with Crippen LogP contribution in [0.1, 0.15) is 20.8 Å². The molecule has 1 unspecified atom stereocenters. The van der Waals surface area contributed by atoms with Gasteiger partial charge in [-0.3, -0.25) is 0 Å². The van der Waals surface area contributed by atoms with Crippen LogP contribution in [-0.2, 0) is 0 Å². The Kier molecular flexibility index (Phi) is 6.32. The number of nitrogens with zero attached hydrogens (tertiary/aromatic N) is 3. The average Bonchev–Trinajstić information content (AvgIpc) is 2.20. The Morgan fingerprint density at radius 3 is 2.20 bits per heavy atom. The van der Waals surface area contributed by atoms with Crippen LogP contribution in [0.3, 0.4) is 0 Å². The van der Waals surface area contributed by atoms with Crippen molar-refractivity contribution in [1.29, 1.82) is 0 Å². The van der Waals surface area contributed by atoms with E-state index in [0.717, 1.165) is 19.6 Å². The fraction of sp³-hybridized carbons (Fsp3) is 0.909. The van der Waals surface area contributed by atoms with Gasteiger partial charge in [0.2, 0.25) is 0 Å². The summed E-state index contributed by atoms with van der Waals surface area (Å²) in [5.74, 6) is 0. The molecule has 0 radical (unpaired) electrons. The standard InChI is InChI=1S/C9H19N3O.C2H6/c1-8-7-11(4)5-6-12(8)9(13)10(2)3;1-2/h8H,5-7H2,1-4H3;1-2H3. The quantitative estimate of drug-likeness (QED) is 0.609.